The van der Waals surface area contributed by atoms with Gasteiger partial charge in [-0.2, -0.15) is 0 Å². The molecule has 0 aliphatic heterocycles. The second-order valence-electron chi connectivity index (χ2n) is 3.92. The van der Waals surface area contributed by atoms with Crippen LogP contribution in [-0.4, -0.2) is 0 Å². The molecule has 0 heterocycles. The molecular formula is C18H24. The van der Waals surface area contributed by atoms with Crippen LogP contribution in [0, 0.1) is 0 Å². The summed E-state index contributed by atoms with van der Waals surface area (Å²) >= 11 is 0. The van der Waals surface area contributed by atoms with Gasteiger partial charge >= 0.3 is 0 Å². The fourth-order valence-electron chi connectivity index (χ4n) is 1.24. The fourth-order valence-corrected chi connectivity index (χ4v) is 1.24. The van der Waals surface area contributed by atoms with Crippen molar-refractivity contribution in [2.24, 2.45) is 0 Å². The van der Waals surface area contributed by atoms with Crippen molar-refractivity contribution in [1.82, 2.24) is 0 Å². The van der Waals surface area contributed by atoms with Gasteiger partial charge < -0.3 is 0 Å². The van der Waals surface area contributed by atoms with Crippen LogP contribution in [0.2, 0.25) is 0 Å². The fraction of sp³-hybridized carbons (Fsp3) is 0.222. The summed E-state index contributed by atoms with van der Waals surface area (Å²) in [4.78, 5) is 0. The van der Waals surface area contributed by atoms with E-state index in [4.69, 9.17) is 0 Å². The highest BCUT2D eigenvalue weighted by Crippen LogP contribution is 2.11. The molecular weight excluding hydrogens is 216 g/mol. The number of rotatable bonds is 5. The predicted octanol–water partition coefficient (Wildman–Crippen LogP) is 5.80. The van der Waals surface area contributed by atoms with Crippen molar-refractivity contribution in [2.45, 2.75) is 26.7 Å². The Morgan fingerprint density at radius 2 is 1.50 bits per heavy atom. The van der Waals surface area contributed by atoms with E-state index >= 15 is 0 Å². The summed E-state index contributed by atoms with van der Waals surface area (Å²) < 4.78 is 0. The Bertz CT molecular complexity index is 379. The van der Waals surface area contributed by atoms with Crippen molar-refractivity contribution in [3.63, 3.8) is 0 Å². The van der Waals surface area contributed by atoms with Crippen molar-refractivity contribution in [2.75, 3.05) is 0 Å². The maximum absolute atomic E-state index is 3.84. The molecule has 0 nitrogen and oxygen atoms in total. The molecule has 18 heavy (non-hydrogen) atoms. The van der Waals surface area contributed by atoms with E-state index in [-0.39, 0.29) is 0 Å². The van der Waals surface area contributed by atoms with Gasteiger partial charge in [-0.1, -0.05) is 93.3 Å². The van der Waals surface area contributed by atoms with E-state index in [1.807, 2.05) is 30.4 Å². The Hall–Kier alpha value is -1.82. The summed E-state index contributed by atoms with van der Waals surface area (Å²) in [5.74, 6) is 0. The maximum atomic E-state index is 3.84. The molecule has 0 saturated carbocycles. The lowest BCUT2D eigenvalue weighted by Crippen LogP contribution is -1.80. The van der Waals surface area contributed by atoms with Crippen LogP contribution in [0.5, 0.6) is 0 Å². The zero-order valence-corrected chi connectivity index (χ0v) is 11.7. The molecule has 0 aromatic heterocycles. The smallest absolute Gasteiger partial charge is 0.0257 e. The van der Waals surface area contributed by atoms with E-state index < -0.39 is 0 Å². The molecule has 1 aromatic carbocycles. The van der Waals surface area contributed by atoms with E-state index in [1.165, 1.54) is 16.7 Å². The van der Waals surface area contributed by atoms with Gasteiger partial charge in [0, 0.05) is 0 Å². The highest BCUT2D eigenvalue weighted by molar-refractivity contribution is 5.50. The highest BCUT2D eigenvalue weighted by atomic mass is 14.0. The average molecular weight is 240 g/mol. The number of hydrogen-bond donors (Lipinski definition) is 0. The summed E-state index contributed by atoms with van der Waals surface area (Å²) in [5.41, 5.74) is 3.59. The van der Waals surface area contributed by atoms with E-state index in [9.17, 15) is 0 Å². The van der Waals surface area contributed by atoms with Crippen LogP contribution in [0.1, 0.15) is 32.3 Å². The van der Waals surface area contributed by atoms with Gasteiger partial charge in [-0.15, -0.1) is 0 Å². The predicted molar refractivity (Wildman–Crippen MR) is 84.5 cm³/mol. The Kier molecular flexibility index (Phi) is 9.30. The van der Waals surface area contributed by atoms with Crippen LogP contribution in [0.25, 0.3) is 6.08 Å². The molecule has 96 valence electrons. The van der Waals surface area contributed by atoms with Crippen molar-refractivity contribution in [3.8, 4) is 0 Å². The first kappa shape index (κ1) is 16.2. The Morgan fingerprint density at radius 3 is 1.89 bits per heavy atom. The Morgan fingerprint density at radius 1 is 1.00 bits per heavy atom. The van der Waals surface area contributed by atoms with Crippen LogP contribution in [0.4, 0.5) is 0 Å². The zero-order valence-electron chi connectivity index (χ0n) is 11.7. The topological polar surface area (TPSA) is 0 Å². The normalized spacial score (nSPS) is 9.44. The van der Waals surface area contributed by atoms with Crippen molar-refractivity contribution >= 4 is 6.08 Å². The van der Waals surface area contributed by atoms with Gasteiger partial charge in [0.2, 0.25) is 0 Å². The third-order valence-electron chi connectivity index (χ3n) is 2.58. The van der Waals surface area contributed by atoms with Gasteiger partial charge in [0.05, 0.1) is 0 Å². The molecule has 0 fully saturated rings. The lowest BCUT2D eigenvalue weighted by molar-refractivity contribution is 1.04. The van der Waals surface area contributed by atoms with Gasteiger partial charge in [0.15, 0.2) is 0 Å². The molecule has 1 rings (SSSR count). The number of allylic oxidation sites excluding steroid dienone is 4. The molecule has 0 aliphatic carbocycles. The molecule has 0 radical (unpaired) electrons. The first-order valence-electron chi connectivity index (χ1n) is 6.35. The second kappa shape index (κ2) is 10.3. The monoisotopic (exact) mass is 240 g/mol. The molecule has 0 spiro atoms. The first-order chi connectivity index (χ1) is 8.65. The van der Waals surface area contributed by atoms with E-state index in [0.29, 0.717) is 0 Å². The molecule has 0 bridgehead atoms. The van der Waals surface area contributed by atoms with Crippen LogP contribution < -0.4 is 0 Å². The van der Waals surface area contributed by atoms with Crippen molar-refractivity contribution < 1.29 is 0 Å². The minimum absolute atomic E-state index is 1.03. The molecule has 0 aliphatic rings. The lowest BCUT2D eigenvalue weighted by atomic mass is 10.1. The Labute approximate surface area is 112 Å². The van der Waals surface area contributed by atoms with E-state index in [1.54, 1.807) is 6.08 Å². The number of hydrogen-bond acceptors (Lipinski definition) is 0. The van der Waals surface area contributed by atoms with Gasteiger partial charge in [-0.3, -0.25) is 0 Å². The third-order valence-corrected chi connectivity index (χ3v) is 2.58. The molecule has 0 N–H and O–H groups in total. The van der Waals surface area contributed by atoms with Crippen LogP contribution in [-0.2, 0) is 0 Å². The Balaban J connectivity index is 0.000000331. The summed E-state index contributed by atoms with van der Waals surface area (Å²) in [6, 6.07) is 10.1. The summed E-state index contributed by atoms with van der Waals surface area (Å²) in [6.45, 7) is 15.5. The summed E-state index contributed by atoms with van der Waals surface area (Å²) in [6.07, 6.45) is 7.79. The molecule has 0 unspecified atom stereocenters. The average Bonchev–Trinajstić information content (AvgIpc) is 2.45. The third kappa shape index (κ3) is 7.45. The van der Waals surface area contributed by atoms with Crippen molar-refractivity contribution in [3.05, 3.63) is 78.9 Å². The number of benzene rings is 1. The largest absolute Gasteiger partial charge is 0.0991 e. The lowest BCUT2D eigenvalue weighted by Gasteiger charge is -2.00. The highest BCUT2D eigenvalue weighted by Gasteiger charge is 1.90. The van der Waals surface area contributed by atoms with Crippen LogP contribution in [0.3, 0.4) is 0 Å². The SMILES string of the molecule is C=C(CC)C(=C)CC.C=CC=Cc1ccccc1. The molecule has 0 atom stereocenters. The summed E-state index contributed by atoms with van der Waals surface area (Å²) in [5, 5.41) is 0. The molecule has 0 saturated heterocycles. The van der Waals surface area contributed by atoms with Gasteiger partial charge in [0.25, 0.3) is 0 Å². The molecule has 0 heteroatoms. The van der Waals surface area contributed by atoms with Crippen LogP contribution >= 0.6 is 0 Å². The maximum Gasteiger partial charge on any atom is -0.0257 e. The minimum atomic E-state index is 1.03. The molecule has 1 aromatic rings. The van der Waals surface area contributed by atoms with Crippen LogP contribution in [0.15, 0.2) is 73.4 Å². The van der Waals surface area contributed by atoms with E-state index in [2.05, 4.69) is 45.7 Å². The van der Waals surface area contributed by atoms with Crippen molar-refractivity contribution in [1.29, 1.82) is 0 Å². The second-order valence-corrected chi connectivity index (χ2v) is 3.92. The minimum Gasteiger partial charge on any atom is -0.0991 e. The van der Waals surface area contributed by atoms with Gasteiger partial charge in [0.1, 0.15) is 0 Å². The van der Waals surface area contributed by atoms with E-state index in [0.717, 1.165) is 12.8 Å². The standard InChI is InChI=1S/C10H10.C8H14/c1-2-3-7-10-8-5-4-6-9-10;1-5-7(3)8(4)6-2/h2-9H,1H2;3-6H2,1-2H3. The summed E-state index contributed by atoms with van der Waals surface area (Å²) in [7, 11) is 0. The van der Waals surface area contributed by atoms with Gasteiger partial charge in [-0.05, 0) is 18.4 Å². The van der Waals surface area contributed by atoms with Gasteiger partial charge in [-0.25, -0.2) is 0 Å². The molecule has 0 amide bonds. The zero-order chi connectivity index (χ0) is 13.8. The first-order valence-corrected chi connectivity index (χ1v) is 6.35. The quantitative estimate of drug-likeness (QED) is 0.570.